The minimum absolute atomic E-state index is 0.236. The van der Waals surface area contributed by atoms with E-state index in [1.807, 2.05) is 18.7 Å². The molecular weight excluding hydrogens is 458 g/mol. The first-order valence-corrected chi connectivity index (χ1v) is 12.3. The number of nitrogens with zero attached hydrogens (tertiary/aromatic N) is 5. The van der Waals surface area contributed by atoms with Crippen LogP contribution < -0.4 is 4.90 Å². The van der Waals surface area contributed by atoms with E-state index in [2.05, 4.69) is 16.0 Å². The van der Waals surface area contributed by atoms with Crippen molar-refractivity contribution in [2.75, 3.05) is 31.1 Å². The highest BCUT2D eigenvalue weighted by Crippen LogP contribution is 2.31. The molecule has 0 N–H and O–H groups in total. The first-order chi connectivity index (χ1) is 14.8. The van der Waals surface area contributed by atoms with E-state index in [4.69, 9.17) is 16.0 Å². The molecule has 3 aromatic heterocycles. The van der Waals surface area contributed by atoms with Crippen molar-refractivity contribution in [1.29, 1.82) is 5.26 Å². The summed E-state index contributed by atoms with van der Waals surface area (Å²) < 4.78 is 33.5. The molecule has 0 aliphatic carbocycles. The molecule has 8 nitrogen and oxygen atoms in total. The average Bonchev–Trinajstić information content (AvgIpc) is 3.43. The topological polar surface area (TPSA) is 103 Å². The van der Waals surface area contributed by atoms with E-state index < -0.39 is 10.0 Å². The molecule has 3 aromatic rings. The molecule has 4 rings (SSSR count). The number of nitriles is 1. The van der Waals surface area contributed by atoms with E-state index in [0.717, 1.165) is 23.5 Å². The van der Waals surface area contributed by atoms with Crippen molar-refractivity contribution in [2.45, 2.75) is 24.5 Å². The van der Waals surface area contributed by atoms with Crippen molar-refractivity contribution in [3.8, 4) is 17.5 Å². The van der Waals surface area contributed by atoms with Crippen LogP contribution in [0.2, 0.25) is 4.34 Å². The first kappa shape index (κ1) is 21.8. The molecule has 0 spiro atoms. The van der Waals surface area contributed by atoms with Crippen molar-refractivity contribution in [3.63, 3.8) is 0 Å². The highest BCUT2D eigenvalue weighted by Gasteiger charge is 2.31. The van der Waals surface area contributed by atoms with Crippen LogP contribution in [-0.2, 0) is 16.4 Å². The molecule has 0 aromatic carbocycles. The van der Waals surface area contributed by atoms with E-state index in [1.165, 1.54) is 10.4 Å². The summed E-state index contributed by atoms with van der Waals surface area (Å²) in [5, 5.41) is 9.71. The molecule has 4 heterocycles. The Morgan fingerprint density at radius 2 is 2.03 bits per heavy atom. The summed E-state index contributed by atoms with van der Waals surface area (Å²) in [5.41, 5.74) is 1.77. The molecular formula is C20H20ClN5O3S2. The van der Waals surface area contributed by atoms with Gasteiger partial charge in [0.1, 0.15) is 21.9 Å². The molecule has 0 unspecified atom stereocenters. The third-order valence-corrected chi connectivity index (χ3v) is 8.72. The van der Waals surface area contributed by atoms with Crippen molar-refractivity contribution in [3.05, 3.63) is 45.7 Å². The van der Waals surface area contributed by atoms with Crippen LogP contribution in [0.4, 0.5) is 5.82 Å². The summed E-state index contributed by atoms with van der Waals surface area (Å²) >= 11 is 6.95. The molecule has 1 aliphatic rings. The SMILES string of the molecule is CCc1cnc(-c2cc(C#N)c(N3CCN(S(=O)(=O)c4ccc(Cl)s4)CC3)nc2C)o1. The number of pyridine rings is 1. The predicted octanol–water partition coefficient (Wildman–Crippen LogP) is 3.70. The summed E-state index contributed by atoms with van der Waals surface area (Å²) in [6.45, 7) is 5.27. The van der Waals surface area contributed by atoms with Crippen molar-refractivity contribution < 1.29 is 12.8 Å². The molecule has 162 valence electrons. The number of aryl methyl sites for hydroxylation is 2. The van der Waals surface area contributed by atoms with Gasteiger partial charge in [-0.3, -0.25) is 0 Å². The number of halogens is 1. The third kappa shape index (κ3) is 4.19. The van der Waals surface area contributed by atoms with E-state index in [0.29, 0.717) is 59.0 Å². The van der Waals surface area contributed by atoms with Gasteiger partial charge in [-0.15, -0.1) is 11.3 Å². The van der Waals surface area contributed by atoms with Crippen LogP contribution in [0, 0.1) is 18.3 Å². The maximum absolute atomic E-state index is 12.8. The second-order valence-corrected chi connectivity index (χ2v) is 10.9. The second-order valence-electron chi connectivity index (χ2n) is 7.04. The number of thiophene rings is 1. The fraction of sp³-hybridized carbons (Fsp3) is 0.350. The molecule has 11 heteroatoms. The Kier molecular flexibility index (Phi) is 6.03. The monoisotopic (exact) mass is 477 g/mol. The van der Waals surface area contributed by atoms with Gasteiger partial charge < -0.3 is 9.32 Å². The van der Waals surface area contributed by atoms with Gasteiger partial charge >= 0.3 is 0 Å². The number of piperazine rings is 1. The van der Waals surface area contributed by atoms with Crippen molar-refractivity contribution in [1.82, 2.24) is 14.3 Å². The lowest BCUT2D eigenvalue weighted by molar-refractivity contribution is 0.384. The minimum Gasteiger partial charge on any atom is -0.441 e. The summed E-state index contributed by atoms with van der Waals surface area (Å²) in [4.78, 5) is 10.9. The van der Waals surface area contributed by atoms with Gasteiger partial charge in [0.05, 0.1) is 27.4 Å². The summed E-state index contributed by atoms with van der Waals surface area (Å²) in [6, 6.07) is 7.05. The Bertz CT molecular complexity index is 1250. The van der Waals surface area contributed by atoms with Crippen LogP contribution in [0.1, 0.15) is 23.9 Å². The Morgan fingerprint density at radius 1 is 1.29 bits per heavy atom. The van der Waals surface area contributed by atoms with Gasteiger partial charge in [0.2, 0.25) is 5.89 Å². The Balaban J connectivity index is 1.56. The maximum atomic E-state index is 12.8. The fourth-order valence-corrected chi connectivity index (χ4v) is 6.49. The number of hydrogen-bond donors (Lipinski definition) is 0. The zero-order chi connectivity index (χ0) is 22.2. The van der Waals surface area contributed by atoms with Crippen molar-refractivity contribution in [2.24, 2.45) is 0 Å². The predicted molar refractivity (Wildman–Crippen MR) is 119 cm³/mol. The fourth-order valence-electron chi connectivity index (χ4n) is 3.43. The minimum atomic E-state index is -3.58. The molecule has 0 bridgehead atoms. The molecule has 31 heavy (non-hydrogen) atoms. The second kappa shape index (κ2) is 8.59. The van der Waals surface area contributed by atoms with Crippen molar-refractivity contribution >= 4 is 38.8 Å². The van der Waals surface area contributed by atoms with Crippen LogP contribution in [0.5, 0.6) is 0 Å². The molecule has 0 atom stereocenters. The largest absolute Gasteiger partial charge is 0.441 e. The average molecular weight is 478 g/mol. The maximum Gasteiger partial charge on any atom is 0.252 e. The normalized spacial score (nSPS) is 15.2. The lowest BCUT2D eigenvalue weighted by Crippen LogP contribution is -2.49. The van der Waals surface area contributed by atoms with Crippen LogP contribution in [0.25, 0.3) is 11.5 Å². The molecule has 0 amide bonds. The Morgan fingerprint density at radius 3 is 2.61 bits per heavy atom. The Hall–Kier alpha value is -2.45. The molecule has 0 saturated carbocycles. The lowest BCUT2D eigenvalue weighted by atomic mass is 10.1. The quantitative estimate of drug-likeness (QED) is 0.551. The number of rotatable bonds is 5. The van der Waals surface area contributed by atoms with Gasteiger partial charge in [-0.2, -0.15) is 9.57 Å². The third-order valence-electron chi connectivity index (χ3n) is 5.13. The summed E-state index contributed by atoms with van der Waals surface area (Å²) in [7, 11) is -3.58. The van der Waals surface area contributed by atoms with Crippen LogP contribution in [0.15, 0.2) is 33.0 Å². The van der Waals surface area contributed by atoms with Crippen LogP contribution in [-0.4, -0.2) is 48.9 Å². The number of anilines is 1. The number of aromatic nitrogens is 2. The van der Waals surface area contributed by atoms with Gasteiger partial charge in [-0.05, 0) is 25.1 Å². The molecule has 1 aliphatic heterocycles. The Labute approximate surface area is 189 Å². The van der Waals surface area contributed by atoms with Gasteiger partial charge in [0, 0.05) is 32.6 Å². The summed E-state index contributed by atoms with van der Waals surface area (Å²) in [6.07, 6.45) is 2.41. The zero-order valence-corrected chi connectivity index (χ0v) is 19.4. The molecule has 1 fully saturated rings. The smallest absolute Gasteiger partial charge is 0.252 e. The standard InChI is InChI=1S/C20H20ClN5O3S2/c1-3-15-12-23-20(29-15)16-10-14(11-22)19(24-13(16)2)25-6-8-26(9-7-25)31(27,28)18-5-4-17(21)30-18/h4-5,10,12H,3,6-9H2,1-2H3. The highest BCUT2D eigenvalue weighted by atomic mass is 35.5. The summed E-state index contributed by atoms with van der Waals surface area (Å²) in [5.74, 6) is 1.75. The van der Waals surface area contributed by atoms with Gasteiger partial charge in [0.25, 0.3) is 10.0 Å². The number of oxazole rings is 1. The van der Waals surface area contributed by atoms with Gasteiger partial charge in [0.15, 0.2) is 0 Å². The van der Waals surface area contributed by atoms with Gasteiger partial charge in [-0.1, -0.05) is 18.5 Å². The lowest BCUT2D eigenvalue weighted by Gasteiger charge is -2.35. The molecule has 1 saturated heterocycles. The van der Waals surface area contributed by atoms with Crippen LogP contribution in [0.3, 0.4) is 0 Å². The van der Waals surface area contributed by atoms with Crippen LogP contribution >= 0.6 is 22.9 Å². The van der Waals surface area contributed by atoms with E-state index in [-0.39, 0.29) is 4.21 Å². The number of hydrogen-bond acceptors (Lipinski definition) is 8. The first-order valence-electron chi connectivity index (χ1n) is 9.70. The molecule has 0 radical (unpaired) electrons. The van der Waals surface area contributed by atoms with E-state index in [9.17, 15) is 13.7 Å². The van der Waals surface area contributed by atoms with E-state index >= 15 is 0 Å². The highest BCUT2D eigenvalue weighted by molar-refractivity contribution is 7.91. The van der Waals surface area contributed by atoms with Gasteiger partial charge in [-0.25, -0.2) is 18.4 Å². The zero-order valence-electron chi connectivity index (χ0n) is 17.0. The number of sulfonamides is 1. The van der Waals surface area contributed by atoms with E-state index in [1.54, 1.807) is 18.3 Å².